The topological polar surface area (TPSA) is 50.4 Å². The lowest BCUT2D eigenvalue weighted by molar-refractivity contribution is 0.298. The van der Waals surface area contributed by atoms with E-state index in [1.807, 2.05) is 0 Å². The summed E-state index contributed by atoms with van der Waals surface area (Å²) in [6.07, 6.45) is 1.70. The lowest BCUT2D eigenvalue weighted by atomic mass is 10.1. The van der Waals surface area contributed by atoms with Gasteiger partial charge in [0.05, 0.1) is 6.26 Å². The fraction of sp³-hybridized carbons (Fsp3) is 0.154. The molecular weight excluding hydrogens is 240 g/mol. The summed E-state index contributed by atoms with van der Waals surface area (Å²) in [4.78, 5) is 11.7. The van der Waals surface area contributed by atoms with E-state index >= 15 is 0 Å². The highest BCUT2D eigenvalue weighted by Crippen LogP contribution is 2.20. The first kappa shape index (κ1) is 11.9. The molecule has 1 heterocycles. The number of rotatable bonds is 3. The molecule has 0 bridgehead atoms. The summed E-state index contributed by atoms with van der Waals surface area (Å²) < 4.78 is 5.36. The van der Waals surface area contributed by atoms with Gasteiger partial charge < -0.3 is 9.52 Å². The Morgan fingerprint density at radius 1 is 1.24 bits per heavy atom. The van der Waals surface area contributed by atoms with Crippen LogP contribution < -0.4 is 5.43 Å². The molecule has 0 aliphatic carbocycles. The minimum absolute atomic E-state index is 0.0644. The van der Waals surface area contributed by atoms with E-state index < -0.39 is 0 Å². The fourth-order valence-corrected chi connectivity index (χ4v) is 1.63. The van der Waals surface area contributed by atoms with Crippen LogP contribution in [0.4, 0.5) is 0 Å². The predicted molar refractivity (Wildman–Crippen MR) is 66.2 cm³/mol. The largest absolute Gasteiger partial charge is 0.464 e. The Bertz CT molecular complexity index is 558. The smallest absolute Gasteiger partial charge is 0.188 e. The van der Waals surface area contributed by atoms with Crippen LogP contribution in [0, 0.1) is 0 Å². The van der Waals surface area contributed by atoms with E-state index in [2.05, 4.69) is 0 Å². The minimum Gasteiger partial charge on any atom is -0.464 e. The molecule has 17 heavy (non-hydrogen) atoms. The molecule has 1 aromatic heterocycles. The second-order valence-corrected chi connectivity index (χ2v) is 4.05. The molecule has 0 saturated carbocycles. The molecule has 0 aliphatic heterocycles. The molecule has 0 aliphatic rings. The van der Waals surface area contributed by atoms with Crippen molar-refractivity contribution < 1.29 is 9.52 Å². The first-order valence-electron chi connectivity index (χ1n) is 5.19. The van der Waals surface area contributed by atoms with Crippen LogP contribution in [-0.2, 0) is 6.42 Å². The standard InChI is InChI=1S/C13H11ClO3/c14-11-3-1-9(2-4-11)13-7-12(16)10(5-6-15)8-17-13/h1-4,7-8,15H,5-6H2. The molecular formula is C13H11ClO3. The van der Waals surface area contributed by atoms with Crippen LogP contribution in [0.1, 0.15) is 5.56 Å². The Hall–Kier alpha value is -1.58. The van der Waals surface area contributed by atoms with Gasteiger partial charge in [-0.15, -0.1) is 0 Å². The van der Waals surface area contributed by atoms with Gasteiger partial charge in [-0.1, -0.05) is 11.6 Å². The zero-order chi connectivity index (χ0) is 12.3. The van der Waals surface area contributed by atoms with Gasteiger partial charge in [0.15, 0.2) is 5.43 Å². The van der Waals surface area contributed by atoms with Gasteiger partial charge in [-0.3, -0.25) is 4.79 Å². The van der Waals surface area contributed by atoms with E-state index in [4.69, 9.17) is 21.1 Å². The van der Waals surface area contributed by atoms with E-state index in [1.54, 1.807) is 24.3 Å². The van der Waals surface area contributed by atoms with Crippen molar-refractivity contribution in [2.75, 3.05) is 6.61 Å². The van der Waals surface area contributed by atoms with E-state index in [0.717, 1.165) is 5.56 Å². The van der Waals surface area contributed by atoms with Gasteiger partial charge >= 0.3 is 0 Å². The summed E-state index contributed by atoms with van der Waals surface area (Å²) in [5.41, 5.74) is 1.14. The minimum atomic E-state index is -0.129. The highest BCUT2D eigenvalue weighted by molar-refractivity contribution is 6.30. The average molecular weight is 251 g/mol. The molecule has 0 saturated heterocycles. The Balaban J connectivity index is 2.37. The zero-order valence-electron chi connectivity index (χ0n) is 9.02. The monoisotopic (exact) mass is 250 g/mol. The maximum Gasteiger partial charge on any atom is 0.188 e. The van der Waals surface area contributed by atoms with Gasteiger partial charge in [0.25, 0.3) is 0 Å². The molecule has 0 radical (unpaired) electrons. The number of benzene rings is 1. The first-order valence-corrected chi connectivity index (χ1v) is 5.57. The van der Waals surface area contributed by atoms with Crippen LogP contribution in [0.15, 0.2) is 45.8 Å². The van der Waals surface area contributed by atoms with Crippen molar-refractivity contribution in [3.63, 3.8) is 0 Å². The lowest BCUT2D eigenvalue weighted by Crippen LogP contribution is -2.08. The lowest BCUT2D eigenvalue weighted by Gasteiger charge is -2.02. The molecule has 2 rings (SSSR count). The van der Waals surface area contributed by atoms with Gasteiger partial charge in [0.2, 0.25) is 0 Å². The predicted octanol–water partition coefficient (Wildman–Crippen LogP) is 2.50. The van der Waals surface area contributed by atoms with E-state index in [-0.39, 0.29) is 12.0 Å². The maximum atomic E-state index is 11.7. The third kappa shape index (κ3) is 2.75. The average Bonchev–Trinajstić information content (AvgIpc) is 2.33. The number of hydrogen-bond acceptors (Lipinski definition) is 3. The quantitative estimate of drug-likeness (QED) is 0.911. The number of aliphatic hydroxyl groups excluding tert-OH is 1. The van der Waals surface area contributed by atoms with Gasteiger partial charge in [0.1, 0.15) is 5.76 Å². The zero-order valence-corrected chi connectivity index (χ0v) is 9.78. The van der Waals surface area contributed by atoms with Crippen molar-refractivity contribution in [3.05, 3.63) is 57.4 Å². The second-order valence-electron chi connectivity index (χ2n) is 3.61. The molecule has 4 heteroatoms. The fourth-order valence-electron chi connectivity index (χ4n) is 1.51. The Kier molecular flexibility index (Phi) is 3.61. The maximum absolute atomic E-state index is 11.7. The number of hydrogen-bond donors (Lipinski definition) is 1. The van der Waals surface area contributed by atoms with Crippen LogP contribution in [-0.4, -0.2) is 11.7 Å². The molecule has 2 aromatic rings. The van der Waals surface area contributed by atoms with Crippen molar-refractivity contribution in [1.29, 1.82) is 0 Å². The molecule has 0 unspecified atom stereocenters. The molecule has 1 N–H and O–H groups in total. The third-order valence-electron chi connectivity index (χ3n) is 2.42. The number of aliphatic hydroxyl groups is 1. The van der Waals surface area contributed by atoms with Gasteiger partial charge in [0, 0.05) is 35.2 Å². The van der Waals surface area contributed by atoms with Crippen molar-refractivity contribution in [2.24, 2.45) is 0 Å². The SMILES string of the molecule is O=c1cc(-c2ccc(Cl)cc2)occ1CCO. The van der Waals surface area contributed by atoms with Gasteiger partial charge in [-0.2, -0.15) is 0 Å². The molecule has 88 valence electrons. The van der Waals surface area contributed by atoms with E-state index in [9.17, 15) is 4.79 Å². The van der Waals surface area contributed by atoms with Gasteiger partial charge in [-0.05, 0) is 24.3 Å². The molecule has 0 atom stereocenters. The van der Waals surface area contributed by atoms with Crippen LogP contribution >= 0.6 is 11.6 Å². The van der Waals surface area contributed by atoms with Crippen molar-refractivity contribution in [2.45, 2.75) is 6.42 Å². The Labute approximate surface area is 103 Å². The van der Waals surface area contributed by atoms with Crippen LogP contribution in [0.5, 0.6) is 0 Å². The Morgan fingerprint density at radius 3 is 2.53 bits per heavy atom. The van der Waals surface area contributed by atoms with Crippen LogP contribution in [0.25, 0.3) is 11.3 Å². The molecule has 0 spiro atoms. The Morgan fingerprint density at radius 2 is 1.94 bits per heavy atom. The molecule has 1 aromatic carbocycles. The summed E-state index contributed by atoms with van der Waals surface area (Å²) in [5, 5.41) is 9.40. The summed E-state index contributed by atoms with van der Waals surface area (Å²) in [6, 6.07) is 8.46. The normalized spacial score (nSPS) is 10.5. The third-order valence-corrected chi connectivity index (χ3v) is 2.67. The van der Waals surface area contributed by atoms with Crippen molar-refractivity contribution >= 4 is 11.6 Å². The highest BCUT2D eigenvalue weighted by Gasteiger charge is 2.05. The second kappa shape index (κ2) is 5.17. The molecule has 0 fully saturated rings. The summed E-state index contributed by atoms with van der Waals surface area (Å²) in [6.45, 7) is -0.0644. The van der Waals surface area contributed by atoms with E-state index in [1.165, 1.54) is 12.3 Å². The molecule has 3 nitrogen and oxygen atoms in total. The number of halogens is 1. The summed E-state index contributed by atoms with van der Waals surface area (Å²) in [5.74, 6) is 0.494. The first-order chi connectivity index (χ1) is 8.20. The van der Waals surface area contributed by atoms with Crippen LogP contribution in [0.2, 0.25) is 5.02 Å². The van der Waals surface area contributed by atoms with Crippen LogP contribution in [0.3, 0.4) is 0 Å². The highest BCUT2D eigenvalue weighted by atomic mass is 35.5. The van der Waals surface area contributed by atoms with E-state index in [0.29, 0.717) is 22.8 Å². The van der Waals surface area contributed by atoms with Gasteiger partial charge in [-0.25, -0.2) is 0 Å². The van der Waals surface area contributed by atoms with Crippen molar-refractivity contribution in [1.82, 2.24) is 0 Å². The van der Waals surface area contributed by atoms with Crippen molar-refractivity contribution in [3.8, 4) is 11.3 Å². The molecule has 0 amide bonds. The summed E-state index contributed by atoms with van der Waals surface area (Å²) >= 11 is 5.78. The summed E-state index contributed by atoms with van der Waals surface area (Å²) in [7, 11) is 0.